The Morgan fingerprint density at radius 1 is 1.09 bits per heavy atom. The number of rotatable bonds is 8. The fraction of sp³-hybridized carbons (Fsp3) is 0.346. The maximum Gasteiger partial charge on any atom is 0.225 e. The second-order valence-electron chi connectivity index (χ2n) is 8.32. The molecule has 1 aromatic heterocycles. The number of piperidine rings is 1. The van der Waals surface area contributed by atoms with Gasteiger partial charge in [-0.25, -0.2) is 9.97 Å². The summed E-state index contributed by atoms with van der Waals surface area (Å²) in [7, 11) is 3.23. The Morgan fingerprint density at radius 2 is 1.79 bits per heavy atom. The van der Waals surface area contributed by atoms with Crippen molar-refractivity contribution in [1.29, 1.82) is 0 Å². The Morgan fingerprint density at radius 3 is 2.50 bits per heavy atom. The molecular weight excluding hydrogens is 448 g/mol. The smallest absolute Gasteiger partial charge is 0.225 e. The van der Waals surface area contributed by atoms with Gasteiger partial charge in [0, 0.05) is 43.0 Å². The van der Waals surface area contributed by atoms with E-state index in [1.165, 1.54) is 5.56 Å². The highest BCUT2D eigenvalue weighted by Gasteiger charge is 2.28. The van der Waals surface area contributed by atoms with Crippen LogP contribution in [0.3, 0.4) is 0 Å². The topological polar surface area (TPSA) is 76.6 Å². The molecule has 1 amide bonds. The number of nitrogens with zero attached hydrogens (tertiary/aromatic N) is 3. The van der Waals surface area contributed by atoms with Crippen LogP contribution in [0.4, 0.5) is 5.82 Å². The van der Waals surface area contributed by atoms with Crippen LogP contribution in [0.1, 0.15) is 24.0 Å². The van der Waals surface area contributed by atoms with E-state index in [1.54, 1.807) is 38.4 Å². The van der Waals surface area contributed by atoms with E-state index >= 15 is 0 Å². The molecule has 2 aromatic carbocycles. The van der Waals surface area contributed by atoms with E-state index in [-0.39, 0.29) is 11.8 Å². The lowest BCUT2D eigenvalue weighted by Crippen LogP contribution is -2.43. The first-order valence-corrected chi connectivity index (χ1v) is 12.2. The summed E-state index contributed by atoms with van der Waals surface area (Å²) in [5, 5.41) is 3.94. The number of nitrogens with one attached hydrogen (secondary N) is 1. The molecule has 1 N–H and O–H groups in total. The summed E-state index contributed by atoms with van der Waals surface area (Å²) in [6.07, 6.45) is 5.21. The molecule has 1 saturated heterocycles. The monoisotopic (exact) mass is 478 g/mol. The van der Waals surface area contributed by atoms with Gasteiger partial charge in [-0.3, -0.25) is 4.79 Å². The maximum atomic E-state index is 13.0. The highest BCUT2D eigenvalue weighted by Crippen LogP contribution is 2.34. The minimum absolute atomic E-state index is 0.0446. The van der Waals surface area contributed by atoms with E-state index in [4.69, 9.17) is 9.47 Å². The number of carbonyl (C=O) groups is 1. The van der Waals surface area contributed by atoms with Crippen molar-refractivity contribution in [2.75, 3.05) is 32.2 Å². The van der Waals surface area contributed by atoms with Gasteiger partial charge in [0.1, 0.15) is 16.5 Å². The molecule has 3 aromatic rings. The van der Waals surface area contributed by atoms with Crippen LogP contribution in [0.25, 0.3) is 0 Å². The summed E-state index contributed by atoms with van der Waals surface area (Å²) in [4.78, 5) is 25.5. The zero-order chi connectivity index (χ0) is 23.9. The second-order valence-corrected chi connectivity index (χ2v) is 9.39. The summed E-state index contributed by atoms with van der Waals surface area (Å²) >= 11 is 1.60. The highest BCUT2D eigenvalue weighted by molar-refractivity contribution is 7.99. The zero-order valence-electron chi connectivity index (χ0n) is 19.8. The molecule has 178 valence electrons. The van der Waals surface area contributed by atoms with Gasteiger partial charge in [-0.1, -0.05) is 29.5 Å². The average Bonchev–Trinajstić information content (AvgIpc) is 2.88. The normalized spacial score (nSPS) is 15.6. The number of aromatic nitrogens is 2. The van der Waals surface area contributed by atoms with Crippen molar-refractivity contribution in [3.05, 3.63) is 66.0 Å². The summed E-state index contributed by atoms with van der Waals surface area (Å²) in [6, 6.07) is 14.0. The third-order valence-electron chi connectivity index (χ3n) is 5.85. The third kappa shape index (κ3) is 5.99. The second kappa shape index (κ2) is 11.2. The highest BCUT2D eigenvalue weighted by atomic mass is 32.2. The summed E-state index contributed by atoms with van der Waals surface area (Å²) in [5.74, 6) is 2.18. The van der Waals surface area contributed by atoms with Gasteiger partial charge in [0.25, 0.3) is 0 Å². The predicted molar refractivity (Wildman–Crippen MR) is 134 cm³/mol. The van der Waals surface area contributed by atoms with Gasteiger partial charge in [-0.05, 0) is 49.6 Å². The molecule has 8 heteroatoms. The number of ether oxygens (including phenoxy) is 2. The molecule has 4 rings (SSSR count). The van der Waals surface area contributed by atoms with Crippen molar-refractivity contribution in [1.82, 2.24) is 15.3 Å². The average molecular weight is 479 g/mol. The SMILES string of the molecule is COc1cc(CNC(=O)[C@@H]2CCCN(c3nccnc3Sc3ccc(C)cc3)C2)cc(OC)c1. The van der Waals surface area contributed by atoms with Crippen LogP contribution in [-0.4, -0.2) is 43.2 Å². The molecule has 7 nitrogen and oxygen atoms in total. The van der Waals surface area contributed by atoms with E-state index in [9.17, 15) is 4.79 Å². The third-order valence-corrected chi connectivity index (χ3v) is 6.84. The minimum atomic E-state index is -0.111. The largest absolute Gasteiger partial charge is 0.497 e. The Kier molecular flexibility index (Phi) is 7.90. The Balaban J connectivity index is 1.42. The maximum absolute atomic E-state index is 13.0. The molecule has 0 spiro atoms. The summed E-state index contributed by atoms with van der Waals surface area (Å²) < 4.78 is 10.7. The van der Waals surface area contributed by atoms with Gasteiger partial charge in [0.2, 0.25) is 5.91 Å². The number of carbonyl (C=O) groups excluding carboxylic acids is 1. The van der Waals surface area contributed by atoms with Crippen molar-refractivity contribution in [3.63, 3.8) is 0 Å². The van der Waals surface area contributed by atoms with E-state index in [0.717, 1.165) is 40.7 Å². The molecule has 1 fully saturated rings. The van der Waals surface area contributed by atoms with Crippen LogP contribution in [0.2, 0.25) is 0 Å². The minimum Gasteiger partial charge on any atom is -0.497 e. The number of hydrogen-bond acceptors (Lipinski definition) is 7. The Hall–Kier alpha value is -3.26. The van der Waals surface area contributed by atoms with Gasteiger partial charge in [0.15, 0.2) is 5.82 Å². The number of anilines is 1. The molecule has 0 saturated carbocycles. The number of benzene rings is 2. The summed E-state index contributed by atoms with van der Waals surface area (Å²) in [6.45, 7) is 3.97. The number of hydrogen-bond donors (Lipinski definition) is 1. The van der Waals surface area contributed by atoms with E-state index in [2.05, 4.69) is 51.4 Å². The van der Waals surface area contributed by atoms with Crippen molar-refractivity contribution >= 4 is 23.5 Å². The standard InChI is InChI=1S/C26H30N4O3S/c1-18-6-8-23(9-7-18)34-26-24(27-10-11-28-26)30-12-4-5-20(17-30)25(31)29-16-19-13-21(32-2)15-22(14-19)33-3/h6-11,13-15,20H,4-5,12,16-17H2,1-3H3,(H,29,31)/t20-/m1/s1. The van der Waals surface area contributed by atoms with Crippen LogP contribution in [0.5, 0.6) is 11.5 Å². The first-order valence-electron chi connectivity index (χ1n) is 11.4. The van der Waals surface area contributed by atoms with Crippen molar-refractivity contribution in [2.24, 2.45) is 5.92 Å². The molecule has 0 unspecified atom stereocenters. The van der Waals surface area contributed by atoms with Gasteiger partial charge in [-0.2, -0.15) is 0 Å². The van der Waals surface area contributed by atoms with Gasteiger partial charge in [-0.15, -0.1) is 0 Å². The van der Waals surface area contributed by atoms with Crippen LogP contribution in [0, 0.1) is 12.8 Å². The van der Waals surface area contributed by atoms with E-state index in [0.29, 0.717) is 24.6 Å². The number of methoxy groups -OCH3 is 2. The molecule has 34 heavy (non-hydrogen) atoms. The molecule has 2 heterocycles. The van der Waals surface area contributed by atoms with Crippen molar-refractivity contribution < 1.29 is 14.3 Å². The van der Waals surface area contributed by atoms with E-state index in [1.807, 2.05) is 18.2 Å². The lowest BCUT2D eigenvalue weighted by atomic mass is 9.97. The lowest BCUT2D eigenvalue weighted by Gasteiger charge is -2.33. The molecule has 0 aliphatic carbocycles. The first kappa shape index (κ1) is 23.9. The zero-order valence-corrected chi connectivity index (χ0v) is 20.6. The van der Waals surface area contributed by atoms with Crippen LogP contribution >= 0.6 is 11.8 Å². The van der Waals surface area contributed by atoms with Crippen LogP contribution < -0.4 is 19.7 Å². The quantitative estimate of drug-likeness (QED) is 0.511. The van der Waals surface area contributed by atoms with Crippen LogP contribution in [0.15, 0.2) is 64.8 Å². The van der Waals surface area contributed by atoms with Crippen LogP contribution in [-0.2, 0) is 11.3 Å². The molecule has 1 aliphatic heterocycles. The molecule has 0 radical (unpaired) electrons. The first-order chi connectivity index (χ1) is 16.6. The predicted octanol–water partition coefficient (Wildman–Crippen LogP) is 4.49. The summed E-state index contributed by atoms with van der Waals surface area (Å²) in [5.41, 5.74) is 2.16. The van der Waals surface area contributed by atoms with Gasteiger partial charge < -0.3 is 19.7 Å². The molecule has 1 aliphatic rings. The van der Waals surface area contributed by atoms with E-state index < -0.39 is 0 Å². The molecule has 0 bridgehead atoms. The lowest BCUT2D eigenvalue weighted by molar-refractivity contribution is -0.125. The van der Waals surface area contributed by atoms with Gasteiger partial charge in [0.05, 0.1) is 20.1 Å². The number of amides is 1. The van der Waals surface area contributed by atoms with Gasteiger partial charge >= 0.3 is 0 Å². The fourth-order valence-corrected chi connectivity index (χ4v) is 4.89. The van der Waals surface area contributed by atoms with Crippen molar-refractivity contribution in [3.8, 4) is 11.5 Å². The fourth-order valence-electron chi connectivity index (χ4n) is 4.01. The number of aryl methyl sites for hydroxylation is 1. The van der Waals surface area contributed by atoms with Crippen molar-refractivity contribution in [2.45, 2.75) is 36.2 Å². The molecular formula is C26H30N4O3S. The Bertz CT molecular complexity index is 1100. The molecule has 1 atom stereocenters. The Labute approximate surface area is 204 Å².